The second-order valence-electron chi connectivity index (χ2n) is 7.35. The minimum absolute atomic E-state index is 0.0228. The Kier molecular flexibility index (Phi) is 5.39. The van der Waals surface area contributed by atoms with E-state index >= 15 is 0 Å². The topological polar surface area (TPSA) is 63.4 Å². The molecule has 0 saturated heterocycles. The molecular formula is C20H15F6N5O. The molecule has 1 aliphatic carbocycles. The molecule has 0 atom stereocenters. The zero-order valence-corrected chi connectivity index (χ0v) is 16.4. The summed E-state index contributed by atoms with van der Waals surface area (Å²) in [5.74, 6) is -2.11. The Balaban J connectivity index is 1.50. The molecule has 12 heteroatoms. The van der Waals surface area contributed by atoms with Gasteiger partial charge in [-0.25, -0.2) is 18.2 Å². The van der Waals surface area contributed by atoms with Crippen LogP contribution < -0.4 is 0 Å². The Morgan fingerprint density at radius 3 is 2.62 bits per heavy atom. The number of benzene rings is 1. The average molecular weight is 455 g/mol. The van der Waals surface area contributed by atoms with Gasteiger partial charge in [0.15, 0.2) is 0 Å². The highest BCUT2D eigenvalue weighted by Gasteiger charge is 2.36. The fraction of sp³-hybridized carbons (Fsp3) is 0.300. The molecule has 2 heterocycles. The number of hydrogen-bond acceptors (Lipinski definition) is 4. The van der Waals surface area contributed by atoms with Gasteiger partial charge >= 0.3 is 6.18 Å². The lowest BCUT2D eigenvalue weighted by Gasteiger charge is -2.37. The van der Waals surface area contributed by atoms with Gasteiger partial charge in [0.1, 0.15) is 17.8 Å². The number of carbonyl (C=O) groups is 1. The zero-order chi connectivity index (χ0) is 23.2. The number of fused-ring (bicyclic) bond motifs is 1. The Morgan fingerprint density at radius 2 is 1.97 bits per heavy atom. The fourth-order valence-electron chi connectivity index (χ4n) is 3.46. The molecular weight excluding hydrogens is 440 g/mol. The van der Waals surface area contributed by atoms with Gasteiger partial charge in [-0.2, -0.15) is 27.8 Å². The van der Waals surface area contributed by atoms with Gasteiger partial charge in [-0.3, -0.25) is 4.79 Å². The average Bonchev–Trinajstić information content (AvgIpc) is 3.17. The molecule has 1 aromatic carbocycles. The van der Waals surface area contributed by atoms with E-state index in [2.05, 4.69) is 15.1 Å². The number of hydrogen-bond donors (Lipinski definition) is 0. The Morgan fingerprint density at radius 1 is 1.25 bits per heavy atom. The number of amides is 1. The Hall–Kier alpha value is -3.44. The lowest BCUT2D eigenvalue weighted by molar-refractivity contribution is -0.140. The molecule has 1 saturated carbocycles. The third kappa shape index (κ3) is 4.04. The summed E-state index contributed by atoms with van der Waals surface area (Å²) >= 11 is 0. The van der Waals surface area contributed by atoms with Crippen LogP contribution >= 0.6 is 0 Å². The van der Waals surface area contributed by atoms with E-state index in [0.29, 0.717) is 30.7 Å². The van der Waals surface area contributed by atoms with Crippen molar-refractivity contribution in [3.05, 3.63) is 64.5 Å². The van der Waals surface area contributed by atoms with Crippen molar-refractivity contribution in [2.45, 2.75) is 31.5 Å². The predicted octanol–water partition coefficient (Wildman–Crippen LogP) is 4.54. The molecule has 1 amide bonds. The Bertz CT molecular complexity index is 1210. The number of halogens is 6. The van der Waals surface area contributed by atoms with Crippen molar-refractivity contribution >= 4 is 17.8 Å². The first-order valence-electron chi connectivity index (χ1n) is 9.36. The summed E-state index contributed by atoms with van der Waals surface area (Å²) in [6.07, 6.45) is -4.10. The first-order chi connectivity index (χ1) is 15.0. The minimum Gasteiger partial charge on any atom is -0.338 e. The number of carbonyl (C=O) groups excluding carboxylic acids is 1. The molecule has 0 aliphatic heterocycles. The molecule has 0 N–H and O–H groups in total. The van der Waals surface area contributed by atoms with Gasteiger partial charge in [-0.15, -0.1) is 0 Å². The molecule has 4 rings (SSSR count). The van der Waals surface area contributed by atoms with Crippen molar-refractivity contribution in [3.63, 3.8) is 0 Å². The van der Waals surface area contributed by atoms with Crippen molar-refractivity contribution in [2.75, 3.05) is 7.05 Å². The summed E-state index contributed by atoms with van der Waals surface area (Å²) in [5, 5.41) is 3.95. The molecule has 0 bridgehead atoms. The van der Waals surface area contributed by atoms with Gasteiger partial charge in [0.25, 0.3) is 18.1 Å². The van der Waals surface area contributed by atoms with E-state index in [1.54, 1.807) is 6.08 Å². The van der Waals surface area contributed by atoms with Gasteiger partial charge in [0.05, 0.1) is 11.3 Å². The quantitative estimate of drug-likeness (QED) is 0.542. The number of aromatic nitrogens is 4. The maximum absolute atomic E-state index is 13.5. The summed E-state index contributed by atoms with van der Waals surface area (Å²) in [6, 6.07) is 3.00. The molecule has 1 fully saturated rings. The third-order valence-electron chi connectivity index (χ3n) is 5.26. The van der Waals surface area contributed by atoms with E-state index in [1.807, 2.05) is 0 Å². The lowest BCUT2D eigenvalue weighted by atomic mass is 9.84. The first-order valence-corrected chi connectivity index (χ1v) is 9.36. The van der Waals surface area contributed by atoms with Gasteiger partial charge in [0, 0.05) is 18.7 Å². The normalized spacial score (nSPS) is 16.4. The molecule has 3 aromatic rings. The van der Waals surface area contributed by atoms with E-state index in [-0.39, 0.29) is 17.4 Å². The molecule has 32 heavy (non-hydrogen) atoms. The molecule has 2 aromatic heterocycles. The van der Waals surface area contributed by atoms with E-state index in [4.69, 9.17) is 0 Å². The maximum Gasteiger partial charge on any atom is 0.419 e. The third-order valence-corrected chi connectivity index (χ3v) is 5.26. The van der Waals surface area contributed by atoms with E-state index in [0.717, 1.165) is 11.6 Å². The number of nitrogens with zero attached hydrogens (tertiary/aromatic N) is 5. The largest absolute Gasteiger partial charge is 0.419 e. The minimum atomic E-state index is -4.92. The molecule has 0 unspecified atom stereocenters. The van der Waals surface area contributed by atoms with Crippen LogP contribution in [0.15, 0.2) is 36.2 Å². The van der Waals surface area contributed by atoms with Gasteiger partial charge in [-0.1, -0.05) is 5.57 Å². The zero-order valence-electron chi connectivity index (χ0n) is 16.4. The highest BCUT2D eigenvalue weighted by atomic mass is 19.4. The van der Waals surface area contributed by atoms with Crippen LogP contribution in [-0.2, 0) is 6.18 Å². The van der Waals surface area contributed by atoms with E-state index in [1.165, 1.54) is 28.9 Å². The smallest absolute Gasteiger partial charge is 0.338 e. The SMILES string of the molecule is CN(C(=O)c1ccc(F)c(C(F)(F)F)c1)C1CC(=Cc2cc(C(F)F)nc3ncnn23)C1. The standard InChI is InChI=1S/C20H15F6N5O/c1-30(18(32)11-2-3-15(21)14(7-11)20(24,25)26)12-4-10(5-12)6-13-8-16(17(22)23)29-19-27-9-28-31(13)19/h2-3,6-9,12,17H,4-5H2,1H3. The van der Waals surface area contributed by atoms with Crippen LogP contribution in [0.1, 0.15) is 46.6 Å². The van der Waals surface area contributed by atoms with Gasteiger partial charge < -0.3 is 4.90 Å². The fourth-order valence-corrected chi connectivity index (χ4v) is 3.46. The van der Waals surface area contributed by atoms with Gasteiger partial charge in [0.2, 0.25) is 0 Å². The molecule has 0 radical (unpaired) electrons. The summed E-state index contributed by atoms with van der Waals surface area (Å²) in [6.45, 7) is 0. The maximum atomic E-state index is 13.5. The summed E-state index contributed by atoms with van der Waals surface area (Å²) < 4.78 is 79.7. The number of alkyl halides is 5. The molecule has 0 spiro atoms. The van der Waals surface area contributed by atoms with Crippen molar-refractivity contribution in [3.8, 4) is 0 Å². The van der Waals surface area contributed by atoms with Crippen molar-refractivity contribution < 1.29 is 31.1 Å². The second-order valence-corrected chi connectivity index (χ2v) is 7.35. The Labute approximate surface area is 177 Å². The van der Waals surface area contributed by atoms with Crippen LogP contribution in [0.4, 0.5) is 26.3 Å². The summed E-state index contributed by atoms with van der Waals surface area (Å²) in [7, 11) is 1.44. The van der Waals surface area contributed by atoms with Crippen LogP contribution in [-0.4, -0.2) is 43.5 Å². The van der Waals surface area contributed by atoms with Crippen molar-refractivity contribution in [2.24, 2.45) is 0 Å². The lowest BCUT2D eigenvalue weighted by Crippen LogP contribution is -2.42. The molecule has 1 aliphatic rings. The van der Waals surface area contributed by atoms with Crippen LogP contribution in [0.25, 0.3) is 11.9 Å². The van der Waals surface area contributed by atoms with E-state index in [9.17, 15) is 31.1 Å². The monoisotopic (exact) mass is 455 g/mol. The highest BCUT2D eigenvalue weighted by molar-refractivity contribution is 5.94. The van der Waals surface area contributed by atoms with Crippen molar-refractivity contribution in [1.82, 2.24) is 24.5 Å². The van der Waals surface area contributed by atoms with Crippen LogP contribution in [0, 0.1) is 5.82 Å². The van der Waals surface area contributed by atoms with Crippen molar-refractivity contribution in [1.29, 1.82) is 0 Å². The van der Waals surface area contributed by atoms with Crippen LogP contribution in [0.2, 0.25) is 0 Å². The molecule has 168 valence electrons. The predicted molar refractivity (Wildman–Crippen MR) is 100 cm³/mol. The first kappa shape index (κ1) is 21.8. The van der Waals surface area contributed by atoms with Crippen LogP contribution in [0.5, 0.6) is 0 Å². The van der Waals surface area contributed by atoms with Gasteiger partial charge in [-0.05, 0) is 43.2 Å². The summed E-state index contributed by atoms with van der Waals surface area (Å²) in [4.78, 5) is 21.4. The summed E-state index contributed by atoms with van der Waals surface area (Å²) in [5.41, 5.74) is -1.06. The second kappa shape index (κ2) is 7.92. The highest BCUT2D eigenvalue weighted by Crippen LogP contribution is 2.35. The molecule has 6 nitrogen and oxygen atoms in total. The van der Waals surface area contributed by atoms with Crippen LogP contribution in [0.3, 0.4) is 0 Å². The van der Waals surface area contributed by atoms with E-state index < -0.39 is 35.6 Å². The number of rotatable bonds is 4.